The summed E-state index contributed by atoms with van der Waals surface area (Å²) in [4.78, 5) is 12.8. The van der Waals surface area contributed by atoms with E-state index in [4.69, 9.17) is 4.74 Å². The van der Waals surface area contributed by atoms with Gasteiger partial charge in [-0.05, 0) is 71.2 Å². The number of nitrogens with zero attached hydrogens (tertiary/aromatic N) is 2. The fourth-order valence-corrected chi connectivity index (χ4v) is 5.09. The number of methoxy groups -OCH3 is 1. The van der Waals surface area contributed by atoms with E-state index in [2.05, 4.69) is 26.5 Å². The number of rotatable bonds is 8. The smallest absolute Gasteiger partial charge is 0.264 e. The highest BCUT2D eigenvalue weighted by molar-refractivity contribution is 9.10. The molecule has 0 aliphatic heterocycles. The van der Waals surface area contributed by atoms with Gasteiger partial charge in [0.1, 0.15) is 6.54 Å². The Morgan fingerprint density at radius 3 is 2.47 bits per heavy atom. The number of phenols is 1. The van der Waals surface area contributed by atoms with Gasteiger partial charge in [-0.15, -0.1) is 0 Å². The summed E-state index contributed by atoms with van der Waals surface area (Å²) in [6.45, 7) is 3.17. The molecule has 3 aromatic carbocycles. The molecule has 0 aliphatic rings. The van der Waals surface area contributed by atoms with Crippen molar-refractivity contribution in [2.45, 2.75) is 18.7 Å². The van der Waals surface area contributed by atoms with E-state index in [-0.39, 0.29) is 16.4 Å². The predicted octanol–water partition coefficient (Wildman–Crippen LogP) is 4.13. The van der Waals surface area contributed by atoms with Gasteiger partial charge in [-0.25, -0.2) is 13.8 Å². The quantitative estimate of drug-likeness (QED) is 0.327. The number of hydrogen-bond acceptors (Lipinski definition) is 6. The number of amides is 1. The molecule has 3 aromatic rings. The van der Waals surface area contributed by atoms with Crippen LogP contribution in [0.5, 0.6) is 11.5 Å². The number of halogens is 1. The van der Waals surface area contributed by atoms with Gasteiger partial charge in [0.05, 0.1) is 28.4 Å². The first kappa shape index (κ1) is 25.3. The number of para-hydroxylation sites is 1. The van der Waals surface area contributed by atoms with Crippen LogP contribution < -0.4 is 14.5 Å². The molecule has 10 heteroatoms. The van der Waals surface area contributed by atoms with Crippen molar-refractivity contribution in [3.05, 3.63) is 81.8 Å². The van der Waals surface area contributed by atoms with Crippen LogP contribution in [0, 0.1) is 13.8 Å². The fourth-order valence-electron chi connectivity index (χ4n) is 3.15. The van der Waals surface area contributed by atoms with Gasteiger partial charge in [0.2, 0.25) is 0 Å². The van der Waals surface area contributed by atoms with Gasteiger partial charge in [0.25, 0.3) is 15.9 Å². The number of sulfonamides is 1. The van der Waals surface area contributed by atoms with Gasteiger partial charge in [-0.2, -0.15) is 5.10 Å². The van der Waals surface area contributed by atoms with Gasteiger partial charge >= 0.3 is 0 Å². The fraction of sp³-hybridized carbons (Fsp3) is 0.167. The monoisotopic (exact) mass is 545 g/mol. The zero-order chi connectivity index (χ0) is 24.9. The third kappa shape index (κ3) is 5.75. The molecule has 3 rings (SSSR count). The van der Waals surface area contributed by atoms with Crippen LogP contribution in [-0.2, 0) is 14.8 Å². The standard InChI is InChI=1S/C24H24BrN3O5S/c1-16-8-10-19(11-9-16)34(31,32)28(21-7-5-4-6-17(21)2)15-23(29)27-26-14-18-12-20(25)24(30)22(13-18)33-3/h4-14,30H,15H2,1-3H3,(H,27,29)/b26-14-. The number of aromatic hydroxyl groups is 1. The number of carbonyl (C=O) groups excluding carboxylic acids is 1. The van der Waals surface area contributed by atoms with Crippen LogP contribution in [0.15, 0.2) is 75.1 Å². The first-order valence-corrected chi connectivity index (χ1v) is 12.4. The second kappa shape index (κ2) is 10.7. The lowest BCUT2D eigenvalue weighted by molar-refractivity contribution is -0.119. The van der Waals surface area contributed by atoms with Crippen LogP contribution in [0.2, 0.25) is 0 Å². The molecule has 0 saturated heterocycles. The minimum atomic E-state index is -4.01. The number of carbonyl (C=O) groups is 1. The van der Waals surface area contributed by atoms with Crippen molar-refractivity contribution < 1.29 is 23.1 Å². The molecule has 0 heterocycles. The summed E-state index contributed by atoms with van der Waals surface area (Å²) in [5.41, 5.74) is 4.93. The summed E-state index contributed by atoms with van der Waals surface area (Å²) in [5, 5.41) is 13.8. The second-order valence-electron chi connectivity index (χ2n) is 7.46. The lowest BCUT2D eigenvalue weighted by atomic mass is 10.2. The molecule has 0 spiro atoms. The largest absolute Gasteiger partial charge is 0.503 e. The number of ether oxygens (including phenoxy) is 1. The van der Waals surface area contributed by atoms with Crippen molar-refractivity contribution in [3.63, 3.8) is 0 Å². The number of aryl methyl sites for hydroxylation is 2. The zero-order valence-electron chi connectivity index (χ0n) is 18.8. The Bertz CT molecular complexity index is 1320. The van der Waals surface area contributed by atoms with E-state index in [0.717, 1.165) is 9.87 Å². The highest BCUT2D eigenvalue weighted by Crippen LogP contribution is 2.34. The van der Waals surface area contributed by atoms with Crippen LogP contribution in [0.1, 0.15) is 16.7 Å². The van der Waals surface area contributed by atoms with Crippen LogP contribution in [0.25, 0.3) is 0 Å². The van der Waals surface area contributed by atoms with E-state index in [0.29, 0.717) is 21.3 Å². The van der Waals surface area contributed by atoms with Crippen molar-refractivity contribution in [1.82, 2.24) is 5.43 Å². The average Bonchev–Trinajstić information content (AvgIpc) is 2.80. The molecule has 34 heavy (non-hydrogen) atoms. The molecule has 0 aromatic heterocycles. The molecule has 8 nitrogen and oxygen atoms in total. The minimum Gasteiger partial charge on any atom is -0.503 e. The SMILES string of the molecule is COc1cc(/C=N\NC(=O)CN(c2ccccc2C)S(=O)(=O)c2ccc(C)cc2)cc(Br)c1O. The van der Waals surface area contributed by atoms with Crippen molar-refractivity contribution in [2.24, 2.45) is 5.10 Å². The maximum Gasteiger partial charge on any atom is 0.264 e. The highest BCUT2D eigenvalue weighted by atomic mass is 79.9. The minimum absolute atomic E-state index is 0.0566. The molecule has 0 radical (unpaired) electrons. The van der Waals surface area contributed by atoms with Gasteiger partial charge in [0.15, 0.2) is 11.5 Å². The maximum absolute atomic E-state index is 13.4. The summed E-state index contributed by atoms with van der Waals surface area (Å²) in [6.07, 6.45) is 1.36. The van der Waals surface area contributed by atoms with Crippen LogP contribution in [0.4, 0.5) is 5.69 Å². The van der Waals surface area contributed by atoms with Crippen LogP contribution >= 0.6 is 15.9 Å². The summed E-state index contributed by atoms with van der Waals surface area (Å²) < 4.78 is 33.4. The molecule has 1 amide bonds. The van der Waals surface area contributed by atoms with E-state index < -0.39 is 22.5 Å². The molecule has 0 unspecified atom stereocenters. The Morgan fingerprint density at radius 1 is 1.15 bits per heavy atom. The molecule has 2 N–H and O–H groups in total. The van der Waals surface area contributed by atoms with E-state index in [1.807, 2.05) is 6.92 Å². The molecule has 178 valence electrons. The Labute approximate surface area is 207 Å². The molecular weight excluding hydrogens is 522 g/mol. The summed E-state index contributed by atoms with van der Waals surface area (Å²) in [7, 11) is -2.60. The number of hydrogen-bond donors (Lipinski definition) is 2. The van der Waals surface area contributed by atoms with Crippen molar-refractivity contribution in [1.29, 1.82) is 0 Å². The zero-order valence-corrected chi connectivity index (χ0v) is 21.2. The van der Waals surface area contributed by atoms with Gasteiger partial charge in [0, 0.05) is 0 Å². The number of hydrazone groups is 1. The molecule has 0 aliphatic carbocycles. The average molecular weight is 546 g/mol. The number of benzene rings is 3. The first-order chi connectivity index (χ1) is 16.1. The molecule has 0 atom stereocenters. The number of nitrogens with one attached hydrogen (secondary N) is 1. The van der Waals surface area contributed by atoms with Crippen LogP contribution in [-0.4, -0.2) is 39.3 Å². The lowest BCUT2D eigenvalue weighted by Gasteiger charge is -2.25. The Morgan fingerprint density at radius 2 is 1.82 bits per heavy atom. The normalized spacial score (nSPS) is 11.4. The molecule has 0 fully saturated rings. The number of phenolic OH excluding ortho intramolecular Hbond substituents is 1. The first-order valence-electron chi connectivity index (χ1n) is 10.2. The third-order valence-corrected chi connectivity index (χ3v) is 7.33. The Balaban J connectivity index is 1.85. The summed E-state index contributed by atoms with van der Waals surface area (Å²) >= 11 is 3.22. The summed E-state index contributed by atoms with van der Waals surface area (Å²) in [6, 6.07) is 16.5. The van der Waals surface area contributed by atoms with Gasteiger partial charge in [-0.3, -0.25) is 9.10 Å². The molecular formula is C24H24BrN3O5S. The van der Waals surface area contributed by atoms with Gasteiger partial charge in [-0.1, -0.05) is 35.9 Å². The second-order valence-corrected chi connectivity index (χ2v) is 10.2. The summed E-state index contributed by atoms with van der Waals surface area (Å²) in [5.74, 6) is -0.448. The van der Waals surface area contributed by atoms with Crippen molar-refractivity contribution >= 4 is 43.8 Å². The van der Waals surface area contributed by atoms with E-state index in [1.54, 1.807) is 49.4 Å². The predicted molar refractivity (Wildman–Crippen MR) is 135 cm³/mol. The number of anilines is 1. The van der Waals surface area contributed by atoms with Crippen molar-refractivity contribution in [2.75, 3.05) is 18.0 Å². The molecule has 0 saturated carbocycles. The van der Waals surface area contributed by atoms with Gasteiger partial charge < -0.3 is 9.84 Å². The van der Waals surface area contributed by atoms with Crippen molar-refractivity contribution in [3.8, 4) is 11.5 Å². The van der Waals surface area contributed by atoms with E-state index >= 15 is 0 Å². The topological polar surface area (TPSA) is 108 Å². The third-order valence-electron chi connectivity index (χ3n) is 4.95. The Hall–Kier alpha value is -3.37. The Kier molecular flexibility index (Phi) is 7.95. The molecule has 0 bridgehead atoms. The lowest BCUT2D eigenvalue weighted by Crippen LogP contribution is -2.40. The van der Waals surface area contributed by atoms with Crippen LogP contribution in [0.3, 0.4) is 0 Å². The highest BCUT2D eigenvalue weighted by Gasteiger charge is 2.28. The van der Waals surface area contributed by atoms with E-state index in [1.165, 1.54) is 31.5 Å². The van der Waals surface area contributed by atoms with E-state index in [9.17, 15) is 18.3 Å². The maximum atomic E-state index is 13.4.